The third kappa shape index (κ3) is 2.51. The Bertz CT molecular complexity index is 164. The number of alkyl halides is 6. The van der Waals surface area contributed by atoms with Gasteiger partial charge in [-0.3, -0.25) is 0 Å². The molecule has 0 aliphatic carbocycles. The molecule has 0 aromatic carbocycles. The molecule has 0 saturated carbocycles. The maximum absolute atomic E-state index is 12.5. The number of hydrogen-bond donors (Lipinski definition) is 0. The van der Waals surface area contributed by atoms with E-state index in [0.717, 1.165) is 6.92 Å². The molecule has 0 spiro atoms. The molecule has 0 rings (SSSR count). The molecule has 0 bridgehead atoms. The van der Waals surface area contributed by atoms with Crippen LogP contribution in [-0.4, -0.2) is 24.2 Å². The van der Waals surface area contributed by atoms with Crippen LogP contribution >= 0.6 is 0 Å². The van der Waals surface area contributed by atoms with Crippen molar-refractivity contribution in [1.82, 2.24) is 0 Å². The molecule has 0 N–H and O–H groups in total. The maximum Gasteiger partial charge on any atom is 0.314 e. The minimum Gasteiger partial charge on any atom is -0.241 e. The Balaban J connectivity index is 4.67. The SMILES string of the molecule is CCC(F)(F)[C@H](F)C(F)(F)C(C)F. The normalized spacial score (nSPS) is 18.5. The van der Waals surface area contributed by atoms with Crippen molar-refractivity contribution < 1.29 is 26.3 Å². The summed E-state index contributed by atoms with van der Waals surface area (Å²) >= 11 is 0. The summed E-state index contributed by atoms with van der Waals surface area (Å²) < 4.78 is 74.1. The first-order chi connectivity index (χ1) is 5.66. The fourth-order valence-electron chi connectivity index (χ4n) is 0.662. The third-order valence-electron chi connectivity index (χ3n) is 1.71. The van der Waals surface area contributed by atoms with Crippen LogP contribution in [0.4, 0.5) is 26.3 Å². The lowest BCUT2D eigenvalue weighted by atomic mass is 10.0. The van der Waals surface area contributed by atoms with Gasteiger partial charge in [0, 0.05) is 6.42 Å². The number of hydrogen-bond acceptors (Lipinski definition) is 0. The molecule has 0 heterocycles. The summed E-state index contributed by atoms with van der Waals surface area (Å²) in [7, 11) is 0. The Morgan fingerprint density at radius 2 is 1.46 bits per heavy atom. The molecule has 0 aromatic rings. The van der Waals surface area contributed by atoms with Crippen LogP contribution in [0.25, 0.3) is 0 Å². The van der Waals surface area contributed by atoms with Crippen LogP contribution in [-0.2, 0) is 0 Å². The van der Waals surface area contributed by atoms with E-state index >= 15 is 0 Å². The average molecular weight is 208 g/mol. The van der Waals surface area contributed by atoms with Gasteiger partial charge in [-0.2, -0.15) is 8.78 Å². The molecule has 0 amide bonds. The molecule has 0 aliphatic rings. The van der Waals surface area contributed by atoms with Gasteiger partial charge in [-0.05, 0) is 6.92 Å². The molecule has 2 atom stereocenters. The summed E-state index contributed by atoms with van der Waals surface area (Å²) in [5.41, 5.74) is 0. The Kier molecular flexibility index (Phi) is 3.63. The summed E-state index contributed by atoms with van der Waals surface area (Å²) in [5.74, 6) is -8.83. The van der Waals surface area contributed by atoms with Gasteiger partial charge in [0.2, 0.25) is 6.17 Å². The fraction of sp³-hybridized carbons (Fsp3) is 1.00. The molecule has 0 fully saturated rings. The van der Waals surface area contributed by atoms with Crippen molar-refractivity contribution >= 4 is 0 Å². The monoisotopic (exact) mass is 208 g/mol. The molecule has 6 heteroatoms. The van der Waals surface area contributed by atoms with E-state index in [-0.39, 0.29) is 0 Å². The molecular weight excluding hydrogens is 198 g/mol. The Labute approximate surface area is 71.9 Å². The van der Waals surface area contributed by atoms with E-state index in [0.29, 0.717) is 6.92 Å². The highest BCUT2D eigenvalue weighted by Crippen LogP contribution is 2.38. The zero-order chi connectivity index (χ0) is 10.9. The minimum absolute atomic E-state index is 0.346. The van der Waals surface area contributed by atoms with Crippen molar-refractivity contribution in [2.45, 2.75) is 44.5 Å². The molecule has 0 aliphatic heterocycles. The van der Waals surface area contributed by atoms with Gasteiger partial charge < -0.3 is 0 Å². The number of halogens is 6. The predicted octanol–water partition coefficient (Wildman–Crippen LogP) is 3.36. The van der Waals surface area contributed by atoms with Crippen LogP contribution in [0.3, 0.4) is 0 Å². The molecule has 0 radical (unpaired) electrons. The lowest BCUT2D eigenvalue weighted by Gasteiger charge is -2.27. The summed E-state index contributed by atoms with van der Waals surface area (Å²) in [6.07, 6.45) is -7.79. The van der Waals surface area contributed by atoms with E-state index in [1.807, 2.05) is 0 Å². The van der Waals surface area contributed by atoms with Gasteiger partial charge in [0.05, 0.1) is 0 Å². The summed E-state index contributed by atoms with van der Waals surface area (Å²) in [6.45, 7) is 1.20. The molecule has 80 valence electrons. The molecular formula is C7H10F6. The van der Waals surface area contributed by atoms with E-state index in [9.17, 15) is 26.3 Å². The van der Waals surface area contributed by atoms with Gasteiger partial charge >= 0.3 is 5.92 Å². The largest absolute Gasteiger partial charge is 0.314 e. The van der Waals surface area contributed by atoms with Crippen molar-refractivity contribution in [3.63, 3.8) is 0 Å². The summed E-state index contributed by atoms with van der Waals surface area (Å²) in [5, 5.41) is 0. The van der Waals surface area contributed by atoms with Crippen LogP contribution in [0, 0.1) is 0 Å². The number of rotatable bonds is 4. The van der Waals surface area contributed by atoms with Gasteiger partial charge in [-0.15, -0.1) is 0 Å². The molecule has 0 aromatic heterocycles. The van der Waals surface area contributed by atoms with E-state index in [4.69, 9.17) is 0 Å². The first-order valence-corrected chi connectivity index (χ1v) is 3.70. The smallest absolute Gasteiger partial charge is 0.241 e. The maximum atomic E-state index is 12.5. The van der Waals surface area contributed by atoms with Crippen LogP contribution in [0.1, 0.15) is 20.3 Å². The van der Waals surface area contributed by atoms with Crippen LogP contribution in [0.2, 0.25) is 0 Å². The van der Waals surface area contributed by atoms with Crippen molar-refractivity contribution in [3.8, 4) is 0 Å². The predicted molar refractivity (Wildman–Crippen MR) is 35.7 cm³/mol. The topological polar surface area (TPSA) is 0 Å². The zero-order valence-corrected chi connectivity index (χ0v) is 7.13. The van der Waals surface area contributed by atoms with Gasteiger partial charge in [-0.25, -0.2) is 17.6 Å². The second kappa shape index (κ2) is 3.75. The quantitative estimate of drug-likeness (QED) is 0.621. The summed E-state index contributed by atoms with van der Waals surface area (Å²) in [6, 6.07) is 0. The first-order valence-electron chi connectivity index (χ1n) is 3.70. The Morgan fingerprint density at radius 1 is 1.08 bits per heavy atom. The van der Waals surface area contributed by atoms with Crippen LogP contribution in [0.5, 0.6) is 0 Å². The Morgan fingerprint density at radius 3 is 1.69 bits per heavy atom. The molecule has 0 nitrogen and oxygen atoms in total. The highest BCUT2D eigenvalue weighted by Gasteiger charge is 2.57. The van der Waals surface area contributed by atoms with E-state index < -0.39 is 30.6 Å². The second-order valence-electron chi connectivity index (χ2n) is 2.77. The van der Waals surface area contributed by atoms with Crippen molar-refractivity contribution in [2.24, 2.45) is 0 Å². The molecule has 1 unspecified atom stereocenters. The van der Waals surface area contributed by atoms with Crippen molar-refractivity contribution in [1.29, 1.82) is 0 Å². The second-order valence-corrected chi connectivity index (χ2v) is 2.77. The van der Waals surface area contributed by atoms with Crippen LogP contribution in [0.15, 0.2) is 0 Å². The standard InChI is InChI=1S/C7H10F6/c1-3-6(10,11)5(9)7(12,13)4(2)8/h4-5H,3H2,1-2H3/t4?,5-/m0/s1. The van der Waals surface area contributed by atoms with Gasteiger partial charge in [-0.1, -0.05) is 6.92 Å². The molecule has 0 saturated heterocycles. The highest BCUT2D eigenvalue weighted by molar-refractivity contribution is 4.91. The fourth-order valence-corrected chi connectivity index (χ4v) is 0.662. The molecule has 13 heavy (non-hydrogen) atoms. The third-order valence-corrected chi connectivity index (χ3v) is 1.71. The van der Waals surface area contributed by atoms with Crippen molar-refractivity contribution in [2.75, 3.05) is 0 Å². The lowest BCUT2D eigenvalue weighted by Crippen LogP contribution is -2.48. The van der Waals surface area contributed by atoms with E-state index in [2.05, 4.69) is 0 Å². The van der Waals surface area contributed by atoms with Crippen LogP contribution < -0.4 is 0 Å². The minimum atomic E-state index is -4.64. The zero-order valence-electron chi connectivity index (χ0n) is 7.13. The first kappa shape index (κ1) is 12.6. The van der Waals surface area contributed by atoms with E-state index in [1.165, 1.54) is 0 Å². The Hall–Kier alpha value is -0.420. The average Bonchev–Trinajstić information content (AvgIpc) is 2.02. The van der Waals surface area contributed by atoms with Gasteiger partial charge in [0.15, 0.2) is 6.17 Å². The van der Waals surface area contributed by atoms with Crippen molar-refractivity contribution in [3.05, 3.63) is 0 Å². The summed E-state index contributed by atoms with van der Waals surface area (Å²) in [4.78, 5) is 0. The van der Waals surface area contributed by atoms with E-state index in [1.54, 1.807) is 0 Å². The highest BCUT2D eigenvalue weighted by atomic mass is 19.3. The lowest BCUT2D eigenvalue weighted by molar-refractivity contribution is -0.204. The van der Waals surface area contributed by atoms with Gasteiger partial charge in [0.1, 0.15) is 0 Å². The van der Waals surface area contributed by atoms with Gasteiger partial charge in [0.25, 0.3) is 5.92 Å².